The van der Waals surface area contributed by atoms with Crippen molar-refractivity contribution in [2.45, 2.75) is 16.8 Å². The number of hydrogen-bond donors (Lipinski definition) is 2. The molecule has 1 aromatic rings. The lowest BCUT2D eigenvalue weighted by molar-refractivity contribution is -0.146. The van der Waals surface area contributed by atoms with E-state index in [-0.39, 0.29) is 17.0 Å². The number of thioether (sulfide) groups is 3. The number of β-lactam (4-membered cyclic amide) rings is 1. The van der Waals surface area contributed by atoms with E-state index in [2.05, 4.69) is 15.4 Å². The fraction of sp³-hybridized carbons (Fsp3) is 0.400. The van der Waals surface area contributed by atoms with Crippen LogP contribution in [0.4, 0.5) is 0 Å². The molecule has 7 nitrogen and oxygen atoms in total. The Morgan fingerprint density at radius 1 is 1.60 bits per heavy atom. The number of carbonyl (C=O) groups excluding carboxylic acids is 1. The third-order valence-corrected chi connectivity index (χ3v) is 6.37. The van der Waals surface area contributed by atoms with Gasteiger partial charge in [0.05, 0.1) is 23.1 Å². The van der Waals surface area contributed by atoms with Crippen LogP contribution in [0, 0.1) is 0 Å². The van der Waals surface area contributed by atoms with E-state index in [0.717, 1.165) is 9.93 Å². The molecule has 10 heteroatoms. The maximum Gasteiger partial charge on any atom is 0.353 e. The van der Waals surface area contributed by atoms with Gasteiger partial charge in [-0.25, -0.2) is 4.79 Å². The van der Waals surface area contributed by atoms with Crippen LogP contribution in [0.15, 0.2) is 21.8 Å². The highest BCUT2D eigenvalue weighted by molar-refractivity contribution is 8.18. The predicted octanol–water partition coefficient (Wildman–Crippen LogP) is 1.19. The summed E-state index contributed by atoms with van der Waals surface area (Å²) in [6, 6.07) is 0. The van der Waals surface area contributed by atoms with Crippen LogP contribution in [0.5, 0.6) is 0 Å². The molecule has 0 aromatic carbocycles. The number of nitrogens with zero attached hydrogens (tertiary/aromatic N) is 3. The van der Waals surface area contributed by atoms with Gasteiger partial charge < -0.3 is 5.11 Å². The van der Waals surface area contributed by atoms with Gasteiger partial charge in [0.25, 0.3) is 0 Å². The van der Waals surface area contributed by atoms with Gasteiger partial charge in [-0.1, -0.05) is 11.8 Å². The SMILES string of the molecule is O=C(O)C1=C(SCSc2cn[nH]n2)CS[C@@H]2CC(=O)N12. The Morgan fingerprint density at radius 3 is 3.10 bits per heavy atom. The number of carboxylic acid groups (broad SMARTS) is 1. The molecular weight excluding hydrogens is 320 g/mol. The summed E-state index contributed by atoms with van der Waals surface area (Å²) in [6.07, 6.45) is 2.05. The number of carboxylic acids is 1. The summed E-state index contributed by atoms with van der Waals surface area (Å²) in [4.78, 5) is 25.1. The first-order chi connectivity index (χ1) is 9.66. The Labute approximate surface area is 126 Å². The van der Waals surface area contributed by atoms with E-state index in [0.29, 0.717) is 17.3 Å². The van der Waals surface area contributed by atoms with Crippen LogP contribution in [0.25, 0.3) is 0 Å². The Hall–Kier alpha value is -1.13. The number of fused-ring (bicyclic) bond motifs is 1. The fourth-order valence-electron chi connectivity index (χ4n) is 1.92. The molecule has 0 bridgehead atoms. The van der Waals surface area contributed by atoms with Gasteiger partial charge in [0, 0.05) is 10.7 Å². The summed E-state index contributed by atoms with van der Waals surface area (Å²) in [6.45, 7) is 0. The third kappa shape index (κ3) is 2.54. The third-order valence-electron chi connectivity index (χ3n) is 2.85. The highest BCUT2D eigenvalue weighted by Gasteiger charge is 2.45. The maximum absolute atomic E-state index is 11.6. The first-order valence-corrected chi connectivity index (χ1v) is 8.70. The van der Waals surface area contributed by atoms with Crippen molar-refractivity contribution >= 4 is 47.2 Å². The van der Waals surface area contributed by atoms with E-state index >= 15 is 0 Å². The molecule has 106 valence electrons. The fourth-order valence-corrected chi connectivity index (χ4v) is 5.41. The van der Waals surface area contributed by atoms with Crippen LogP contribution < -0.4 is 0 Å². The minimum atomic E-state index is -1.03. The van der Waals surface area contributed by atoms with Crippen molar-refractivity contribution in [3.05, 3.63) is 16.8 Å². The number of H-pyrrole nitrogens is 1. The first-order valence-electron chi connectivity index (χ1n) is 5.68. The molecule has 2 aliphatic rings. The lowest BCUT2D eigenvalue weighted by Gasteiger charge is -2.43. The van der Waals surface area contributed by atoms with Crippen molar-refractivity contribution in [1.29, 1.82) is 0 Å². The maximum atomic E-state index is 11.6. The summed E-state index contributed by atoms with van der Waals surface area (Å²) in [5, 5.41) is 20.9. The average molecular weight is 330 g/mol. The van der Waals surface area contributed by atoms with Gasteiger partial charge in [0.1, 0.15) is 10.7 Å². The van der Waals surface area contributed by atoms with E-state index in [4.69, 9.17) is 0 Å². The minimum absolute atomic E-state index is 0.00106. The largest absolute Gasteiger partial charge is 0.477 e. The molecule has 3 rings (SSSR count). The van der Waals surface area contributed by atoms with Crippen molar-refractivity contribution in [3.8, 4) is 0 Å². The number of amides is 1. The molecule has 20 heavy (non-hydrogen) atoms. The summed E-state index contributed by atoms with van der Waals surface area (Å²) in [5.41, 5.74) is 0.149. The molecule has 0 aliphatic carbocycles. The zero-order valence-corrected chi connectivity index (χ0v) is 12.6. The zero-order valence-electron chi connectivity index (χ0n) is 10.1. The quantitative estimate of drug-likeness (QED) is 0.472. The van der Waals surface area contributed by atoms with Gasteiger partial charge in [-0.2, -0.15) is 10.3 Å². The molecule has 2 N–H and O–H groups in total. The zero-order chi connectivity index (χ0) is 14.1. The Morgan fingerprint density at radius 2 is 2.45 bits per heavy atom. The van der Waals surface area contributed by atoms with E-state index < -0.39 is 5.97 Å². The summed E-state index contributed by atoms with van der Waals surface area (Å²) in [7, 11) is 0. The Bertz CT molecular complexity index is 574. The minimum Gasteiger partial charge on any atom is -0.477 e. The molecule has 0 spiro atoms. The van der Waals surface area contributed by atoms with Crippen molar-refractivity contribution in [2.75, 3.05) is 10.8 Å². The number of aromatic nitrogens is 3. The second kappa shape index (κ2) is 5.70. The number of rotatable bonds is 5. The van der Waals surface area contributed by atoms with Crippen molar-refractivity contribution in [1.82, 2.24) is 20.3 Å². The van der Waals surface area contributed by atoms with Gasteiger partial charge in [0.15, 0.2) is 0 Å². The molecule has 1 amide bonds. The van der Waals surface area contributed by atoms with Gasteiger partial charge in [-0.3, -0.25) is 9.69 Å². The van der Waals surface area contributed by atoms with Crippen molar-refractivity contribution in [3.63, 3.8) is 0 Å². The predicted molar refractivity (Wildman–Crippen MR) is 77.1 cm³/mol. The molecule has 3 heterocycles. The van der Waals surface area contributed by atoms with Gasteiger partial charge in [0.2, 0.25) is 5.91 Å². The van der Waals surface area contributed by atoms with E-state index in [1.807, 2.05) is 0 Å². The topological polar surface area (TPSA) is 99.2 Å². The Kier molecular flexibility index (Phi) is 3.94. The smallest absolute Gasteiger partial charge is 0.353 e. The van der Waals surface area contributed by atoms with Gasteiger partial charge in [-0.15, -0.1) is 28.6 Å². The van der Waals surface area contributed by atoms with Crippen molar-refractivity contribution < 1.29 is 14.7 Å². The van der Waals surface area contributed by atoms with E-state index in [1.54, 1.807) is 18.0 Å². The van der Waals surface area contributed by atoms with Crippen LogP contribution in [-0.4, -0.2) is 53.5 Å². The van der Waals surface area contributed by atoms with E-state index in [1.165, 1.54) is 28.4 Å². The van der Waals surface area contributed by atoms with Crippen LogP contribution in [0.2, 0.25) is 0 Å². The lowest BCUT2D eigenvalue weighted by Crippen LogP contribution is -2.53. The summed E-state index contributed by atoms with van der Waals surface area (Å²) in [5.74, 6) is -0.501. The van der Waals surface area contributed by atoms with Crippen molar-refractivity contribution in [2.24, 2.45) is 0 Å². The molecule has 1 saturated heterocycles. The molecule has 1 fully saturated rings. The van der Waals surface area contributed by atoms with Crippen LogP contribution in [-0.2, 0) is 9.59 Å². The second-order valence-corrected chi connectivity index (χ2v) is 7.62. The van der Waals surface area contributed by atoms with Crippen LogP contribution in [0.1, 0.15) is 6.42 Å². The number of nitrogens with one attached hydrogen (secondary N) is 1. The second-order valence-electron chi connectivity index (χ2n) is 4.03. The lowest BCUT2D eigenvalue weighted by atomic mass is 10.1. The molecule has 2 aliphatic heterocycles. The molecule has 0 unspecified atom stereocenters. The monoisotopic (exact) mass is 330 g/mol. The standard InChI is InChI=1S/C10H10N4O3S3/c15-7-1-8-14(7)9(10(16)17)5(3-18-8)19-4-20-6-2-11-13-12-6/h2,8H,1,3-4H2,(H,16,17)(H,11,12,13)/t8-/m1/s1. The van der Waals surface area contributed by atoms with Crippen LogP contribution >= 0.6 is 35.3 Å². The molecule has 0 saturated carbocycles. The number of hydrogen-bond acceptors (Lipinski definition) is 7. The summed E-state index contributed by atoms with van der Waals surface area (Å²) < 4.78 is 0. The van der Waals surface area contributed by atoms with Crippen LogP contribution in [0.3, 0.4) is 0 Å². The van der Waals surface area contributed by atoms with Gasteiger partial charge in [-0.05, 0) is 0 Å². The van der Waals surface area contributed by atoms with Gasteiger partial charge >= 0.3 is 5.97 Å². The highest BCUT2D eigenvalue weighted by atomic mass is 32.2. The average Bonchev–Trinajstić information content (AvgIpc) is 2.91. The highest BCUT2D eigenvalue weighted by Crippen LogP contribution is 2.43. The van der Waals surface area contributed by atoms with E-state index in [9.17, 15) is 14.7 Å². The summed E-state index contributed by atoms with van der Waals surface area (Å²) >= 11 is 4.53. The number of aliphatic carboxylic acids is 1. The Balaban J connectivity index is 1.70. The molecular formula is C10H10N4O3S3. The normalized spacial score (nSPS) is 21.7. The number of carbonyl (C=O) groups is 2. The molecule has 1 aromatic heterocycles. The first kappa shape index (κ1) is 13.8. The molecule has 1 atom stereocenters. The number of aromatic amines is 1. The molecule has 0 radical (unpaired) electrons.